The minimum atomic E-state index is -0.521. The molecule has 3 heterocycles. The second-order valence-corrected chi connectivity index (χ2v) is 11.0. The highest BCUT2D eigenvalue weighted by Crippen LogP contribution is 2.42. The molecule has 1 aromatic heterocycles. The quantitative estimate of drug-likeness (QED) is 0.598. The molecule has 8 nitrogen and oxygen atoms in total. The first-order chi connectivity index (χ1) is 16.9. The average Bonchev–Trinajstić information content (AvgIpc) is 3.17. The van der Waals surface area contributed by atoms with Crippen molar-refractivity contribution in [2.24, 2.45) is 0 Å². The fraction of sp³-hybridized carbons (Fsp3) is 0.577. The Kier molecular flexibility index (Phi) is 7.39. The van der Waals surface area contributed by atoms with Gasteiger partial charge in [-0.25, -0.2) is 9.97 Å². The molecule has 3 aliphatic rings. The molecule has 0 saturated carbocycles. The molecule has 1 aromatic carbocycles. The summed E-state index contributed by atoms with van der Waals surface area (Å²) in [5, 5.41) is 20.2. The third-order valence-corrected chi connectivity index (χ3v) is 8.27. The van der Waals surface area contributed by atoms with Crippen LogP contribution in [0.25, 0.3) is 0 Å². The Labute approximate surface area is 215 Å². The number of likely N-dealkylation sites (tertiary alicyclic amines) is 1. The molecule has 0 bridgehead atoms. The van der Waals surface area contributed by atoms with Crippen LogP contribution in [0.2, 0.25) is 0 Å². The second-order valence-electron chi connectivity index (χ2n) is 10.1. The Morgan fingerprint density at radius 3 is 2.43 bits per heavy atom. The van der Waals surface area contributed by atoms with Gasteiger partial charge in [-0.05, 0) is 42.9 Å². The number of amides is 1. The highest BCUT2D eigenvalue weighted by atomic mass is 79.9. The number of fused-ring (bicyclic) bond motifs is 1. The van der Waals surface area contributed by atoms with Gasteiger partial charge in [0.1, 0.15) is 12.1 Å². The summed E-state index contributed by atoms with van der Waals surface area (Å²) < 4.78 is 0.999. The summed E-state index contributed by atoms with van der Waals surface area (Å²) in [6, 6.07) is 8.08. The van der Waals surface area contributed by atoms with Crippen molar-refractivity contribution in [3.63, 3.8) is 0 Å². The Balaban J connectivity index is 1.29. The zero-order chi connectivity index (χ0) is 24.5. The maximum absolute atomic E-state index is 13.8. The minimum absolute atomic E-state index is 0.162. The number of carbonyl (C=O) groups excluding carboxylic acids is 1. The van der Waals surface area contributed by atoms with Gasteiger partial charge in [-0.3, -0.25) is 4.79 Å². The van der Waals surface area contributed by atoms with E-state index in [1.165, 1.54) is 0 Å². The third-order valence-electron chi connectivity index (χ3n) is 7.74. The zero-order valence-corrected chi connectivity index (χ0v) is 21.8. The number of carbonyl (C=O) groups is 1. The van der Waals surface area contributed by atoms with E-state index in [1.807, 2.05) is 29.2 Å². The molecule has 1 amide bonds. The maximum atomic E-state index is 13.8. The van der Waals surface area contributed by atoms with Gasteiger partial charge in [0.25, 0.3) is 0 Å². The van der Waals surface area contributed by atoms with Crippen LogP contribution in [0, 0.1) is 0 Å². The lowest BCUT2D eigenvalue weighted by Gasteiger charge is -2.39. The molecule has 1 aliphatic carbocycles. The Bertz CT molecular complexity index is 1040. The summed E-state index contributed by atoms with van der Waals surface area (Å²) in [5.41, 5.74) is 2.84. The van der Waals surface area contributed by atoms with E-state index in [9.17, 15) is 15.0 Å². The molecule has 2 aromatic rings. The lowest BCUT2D eigenvalue weighted by Crippen LogP contribution is -2.52. The van der Waals surface area contributed by atoms with Crippen LogP contribution >= 0.6 is 15.9 Å². The molecule has 35 heavy (non-hydrogen) atoms. The Morgan fingerprint density at radius 1 is 1.06 bits per heavy atom. The molecule has 0 unspecified atom stereocenters. The molecule has 0 radical (unpaired) electrons. The molecule has 0 spiro atoms. The van der Waals surface area contributed by atoms with Crippen molar-refractivity contribution in [2.45, 2.75) is 50.2 Å². The van der Waals surface area contributed by atoms with Crippen LogP contribution in [0.5, 0.6) is 0 Å². The van der Waals surface area contributed by atoms with Gasteiger partial charge in [-0.1, -0.05) is 35.0 Å². The van der Waals surface area contributed by atoms with Gasteiger partial charge < -0.3 is 24.9 Å². The van der Waals surface area contributed by atoms with Crippen molar-refractivity contribution >= 4 is 27.7 Å². The third kappa shape index (κ3) is 5.23. The van der Waals surface area contributed by atoms with E-state index in [0.717, 1.165) is 53.0 Å². The molecule has 2 saturated heterocycles. The van der Waals surface area contributed by atoms with Crippen molar-refractivity contribution in [3.05, 3.63) is 51.9 Å². The Hall–Kier alpha value is -2.07. The standard InChI is InChI=1S/C26H34BrN5O3/c1-17-14-22(34)24-23(17)25(29-16-28-24)31-10-12-32(13-11-31)26(35)21(18-2-4-19(27)5-3-18)15-30-8-6-20(33)7-9-30/h2-5,16-17,20-22,33-34H,6-15H2,1H3/t17-,21-,22-/m1/s1. The first-order valence-electron chi connectivity index (χ1n) is 12.6. The first-order valence-corrected chi connectivity index (χ1v) is 13.4. The van der Waals surface area contributed by atoms with Gasteiger partial charge in [0.15, 0.2) is 0 Å². The number of benzene rings is 1. The van der Waals surface area contributed by atoms with E-state index in [4.69, 9.17) is 0 Å². The van der Waals surface area contributed by atoms with Crippen molar-refractivity contribution in [1.82, 2.24) is 19.8 Å². The number of hydrogen-bond acceptors (Lipinski definition) is 7. The summed E-state index contributed by atoms with van der Waals surface area (Å²) in [4.78, 5) is 29.2. The molecule has 9 heteroatoms. The van der Waals surface area contributed by atoms with Gasteiger partial charge in [0, 0.05) is 55.8 Å². The predicted octanol–water partition coefficient (Wildman–Crippen LogP) is 2.67. The number of piperidine rings is 1. The van der Waals surface area contributed by atoms with E-state index < -0.39 is 6.10 Å². The molecular formula is C26H34BrN5O3. The zero-order valence-electron chi connectivity index (χ0n) is 20.2. The monoisotopic (exact) mass is 543 g/mol. The van der Waals surface area contributed by atoms with Crippen LogP contribution in [0.1, 0.15) is 60.9 Å². The molecular weight excluding hydrogens is 510 g/mol. The van der Waals surface area contributed by atoms with Crippen LogP contribution in [0.4, 0.5) is 5.82 Å². The molecule has 2 aliphatic heterocycles. The number of nitrogens with zero attached hydrogens (tertiary/aromatic N) is 5. The molecule has 2 fully saturated rings. The summed E-state index contributed by atoms with van der Waals surface area (Å²) in [5.74, 6) is 1.06. The van der Waals surface area contributed by atoms with E-state index in [0.29, 0.717) is 39.1 Å². The number of aliphatic hydroxyl groups excluding tert-OH is 2. The fourth-order valence-electron chi connectivity index (χ4n) is 5.69. The van der Waals surface area contributed by atoms with Gasteiger partial charge in [0.2, 0.25) is 5.91 Å². The Morgan fingerprint density at radius 2 is 1.74 bits per heavy atom. The van der Waals surface area contributed by atoms with Crippen LogP contribution in [0.15, 0.2) is 35.1 Å². The molecule has 188 valence electrons. The van der Waals surface area contributed by atoms with Crippen molar-refractivity contribution in [3.8, 4) is 0 Å². The number of halogens is 1. The maximum Gasteiger partial charge on any atom is 0.231 e. The summed E-state index contributed by atoms with van der Waals surface area (Å²) in [6.45, 7) is 7.12. The van der Waals surface area contributed by atoms with Crippen molar-refractivity contribution in [2.75, 3.05) is 50.7 Å². The molecule has 2 N–H and O–H groups in total. The fourth-order valence-corrected chi connectivity index (χ4v) is 5.96. The predicted molar refractivity (Wildman–Crippen MR) is 137 cm³/mol. The summed E-state index contributed by atoms with van der Waals surface area (Å²) in [7, 11) is 0. The van der Waals surface area contributed by atoms with E-state index >= 15 is 0 Å². The highest BCUT2D eigenvalue weighted by Gasteiger charge is 2.35. The van der Waals surface area contributed by atoms with Gasteiger partial charge in [0.05, 0.1) is 23.8 Å². The van der Waals surface area contributed by atoms with Gasteiger partial charge >= 0.3 is 0 Å². The molecule has 5 rings (SSSR count). The number of piperazine rings is 1. The van der Waals surface area contributed by atoms with Crippen molar-refractivity contribution < 1.29 is 15.0 Å². The van der Waals surface area contributed by atoms with Gasteiger partial charge in [-0.2, -0.15) is 0 Å². The van der Waals surface area contributed by atoms with Crippen LogP contribution in [-0.4, -0.2) is 87.8 Å². The molecule has 3 atom stereocenters. The lowest BCUT2D eigenvalue weighted by atomic mass is 9.95. The largest absolute Gasteiger partial charge is 0.393 e. The lowest BCUT2D eigenvalue weighted by molar-refractivity contribution is -0.133. The number of aliphatic hydroxyl groups is 2. The SMILES string of the molecule is C[C@@H]1C[C@@H](O)c2ncnc(N3CCN(C(=O)[C@H](CN4CCC(O)CC4)c4ccc(Br)cc4)CC3)c21. The smallest absolute Gasteiger partial charge is 0.231 e. The van der Waals surface area contributed by atoms with Crippen LogP contribution in [-0.2, 0) is 4.79 Å². The van der Waals surface area contributed by atoms with Gasteiger partial charge in [-0.15, -0.1) is 0 Å². The number of aromatic nitrogens is 2. The average molecular weight is 544 g/mol. The highest BCUT2D eigenvalue weighted by molar-refractivity contribution is 9.10. The van der Waals surface area contributed by atoms with Crippen LogP contribution < -0.4 is 4.90 Å². The summed E-state index contributed by atoms with van der Waals surface area (Å²) in [6.07, 6.45) is 3.00. The topological polar surface area (TPSA) is 93.0 Å². The first kappa shape index (κ1) is 24.6. The summed E-state index contributed by atoms with van der Waals surface area (Å²) >= 11 is 3.51. The minimum Gasteiger partial charge on any atom is -0.393 e. The number of anilines is 1. The number of rotatable bonds is 5. The normalized spacial score (nSPS) is 24.5. The van der Waals surface area contributed by atoms with Crippen molar-refractivity contribution in [1.29, 1.82) is 0 Å². The van der Waals surface area contributed by atoms with E-state index in [1.54, 1.807) is 6.33 Å². The van der Waals surface area contributed by atoms with E-state index in [-0.39, 0.29) is 23.8 Å². The van der Waals surface area contributed by atoms with E-state index in [2.05, 4.69) is 42.6 Å². The number of hydrogen-bond donors (Lipinski definition) is 2. The van der Waals surface area contributed by atoms with Crippen LogP contribution in [0.3, 0.4) is 0 Å². The second kappa shape index (κ2) is 10.5.